The van der Waals surface area contributed by atoms with Crippen LogP contribution in [0.1, 0.15) is 56.0 Å². The maximum atomic E-state index is 12.8. The van der Waals surface area contributed by atoms with Crippen molar-refractivity contribution in [3.8, 4) is 0 Å². The predicted molar refractivity (Wildman–Crippen MR) is 85.6 cm³/mol. The first-order valence-electron chi connectivity index (χ1n) is 8.43. The van der Waals surface area contributed by atoms with E-state index in [0.717, 1.165) is 44.6 Å². The van der Waals surface area contributed by atoms with Gasteiger partial charge in [0.15, 0.2) is 0 Å². The Hall–Kier alpha value is -1.13. The van der Waals surface area contributed by atoms with Gasteiger partial charge in [0.05, 0.1) is 0 Å². The molecule has 0 unspecified atom stereocenters. The molecule has 0 aromatic carbocycles. The van der Waals surface area contributed by atoms with Crippen molar-refractivity contribution in [3.05, 3.63) is 33.2 Å². The van der Waals surface area contributed by atoms with Crippen LogP contribution in [-0.4, -0.2) is 29.1 Å². The molecule has 1 aromatic heterocycles. The Bertz CT molecular complexity index is 560. The summed E-state index contributed by atoms with van der Waals surface area (Å²) in [6.45, 7) is 9.22. The molecule has 0 atom stereocenters. The minimum absolute atomic E-state index is 0.254. The van der Waals surface area contributed by atoms with E-state index in [0.29, 0.717) is 12.6 Å². The standard InChI is InChI=1S/C17H27N3O/c1-3-8-18-11-13-10-14-12-19(4-2)9-7-16(14)20(17(13)21)15-5-6-15/h10,15,18H,3-9,11-12H2,1-2H3. The molecular weight excluding hydrogens is 262 g/mol. The number of aromatic nitrogens is 1. The molecule has 0 bridgehead atoms. The van der Waals surface area contributed by atoms with Crippen LogP contribution in [0, 0.1) is 0 Å². The second kappa shape index (κ2) is 6.32. The van der Waals surface area contributed by atoms with Gasteiger partial charge in [-0.15, -0.1) is 0 Å². The van der Waals surface area contributed by atoms with Gasteiger partial charge in [-0.1, -0.05) is 13.8 Å². The number of pyridine rings is 1. The Morgan fingerprint density at radius 2 is 2.14 bits per heavy atom. The number of nitrogens with zero attached hydrogens (tertiary/aromatic N) is 2. The molecule has 2 aliphatic rings. The molecule has 1 aliphatic carbocycles. The summed E-state index contributed by atoms with van der Waals surface area (Å²) in [5, 5.41) is 3.38. The highest BCUT2D eigenvalue weighted by Gasteiger charge is 2.30. The summed E-state index contributed by atoms with van der Waals surface area (Å²) in [7, 11) is 0. The van der Waals surface area contributed by atoms with Crippen molar-refractivity contribution in [3.63, 3.8) is 0 Å². The van der Waals surface area contributed by atoms with Gasteiger partial charge in [-0.25, -0.2) is 0 Å². The first-order valence-corrected chi connectivity index (χ1v) is 8.43. The summed E-state index contributed by atoms with van der Waals surface area (Å²) in [6, 6.07) is 2.65. The van der Waals surface area contributed by atoms with Crippen LogP contribution < -0.4 is 10.9 Å². The number of fused-ring (bicyclic) bond motifs is 1. The lowest BCUT2D eigenvalue weighted by molar-refractivity contribution is 0.261. The van der Waals surface area contributed by atoms with Crippen molar-refractivity contribution in [2.24, 2.45) is 0 Å². The third kappa shape index (κ3) is 3.06. The fourth-order valence-electron chi connectivity index (χ4n) is 3.30. The Balaban J connectivity index is 1.94. The fraction of sp³-hybridized carbons (Fsp3) is 0.706. The van der Waals surface area contributed by atoms with Crippen LogP contribution in [0.4, 0.5) is 0 Å². The Morgan fingerprint density at radius 1 is 1.33 bits per heavy atom. The minimum Gasteiger partial charge on any atom is -0.312 e. The molecule has 1 fully saturated rings. The smallest absolute Gasteiger partial charge is 0.255 e. The van der Waals surface area contributed by atoms with Gasteiger partial charge in [0, 0.05) is 43.4 Å². The molecule has 0 spiro atoms. The molecule has 2 heterocycles. The number of likely N-dealkylation sites (N-methyl/N-ethyl adjacent to an activating group) is 1. The van der Waals surface area contributed by atoms with Crippen molar-refractivity contribution >= 4 is 0 Å². The van der Waals surface area contributed by atoms with Crippen molar-refractivity contribution in [2.75, 3.05) is 19.6 Å². The van der Waals surface area contributed by atoms with E-state index in [9.17, 15) is 4.79 Å². The molecule has 21 heavy (non-hydrogen) atoms. The molecule has 3 rings (SSSR count). The molecule has 0 radical (unpaired) electrons. The zero-order valence-corrected chi connectivity index (χ0v) is 13.3. The van der Waals surface area contributed by atoms with Crippen molar-refractivity contribution in [2.45, 2.75) is 58.7 Å². The van der Waals surface area contributed by atoms with Gasteiger partial charge >= 0.3 is 0 Å². The Kier molecular flexibility index (Phi) is 4.45. The second-order valence-electron chi connectivity index (χ2n) is 6.34. The van der Waals surface area contributed by atoms with Crippen LogP contribution in [0.3, 0.4) is 0 Å². The largest absolute Gasteiger partial charge is 0.312 e. The quantitative estimate of drug-likeness (QED) is 0.815. The predicted octanol–water partition coefficient (Wildman–Crippen LogP) is 2.06. The normalized spacial score (nSPS) is 18.8. The molecule has 1 N–H and O–H groups in total. The molecule has 1 saturated carbocycles. The van der Waals surface area contributed by atoms with E-state index >= 15 is 0 Å². The average Bonchev–Trinajstić information content (AvgIpc) is 3.32. The number of hydrogen-bond donors (Lipinski definition) is 1. The first kappa shape index (κ1) is 14.8. The molecule has 4 heteroatoms. The van der Waals surface area contributed by atoms with Gasteiger partial charge in [-0.3, -0.25) is 9.69 Å². The summed E-state index contributed by atoms with van der Waals surface area (Å²) >= 11 is 0. The molecule has 0 amide bonds. The summed E-state index contributed by atoms with van der Waals surface area (Å²) in [6.07, 6.45) is 4.48. The van der Waals surface area contributed by atoms with Gasteiger partial charge in [0.1, 0.15) is 0 Å². The van der Waals surface area contributed by atoms with Gasteiger partial charge in [0.25, 0.3) is 5.56 Å². The highest BCUT2D eigenvalue weighted by atomic mass is 16.1. The number of nitrogens with one attached hydrogen (secondary N) is 1. The van der Waals surface area contributed by atoms with Crippen molar-refractivity contribution < 1.29 is 0 Å². The van der Waals surface area contributed by atoms with Crippen molar-refractivity contribution in [1.82, 2.24) is 14.8 Å². The SMILES string of the molecule is CCCNCc1cc2c(n(C3CC3)c1=O)CCN(CC)C2. The molecular formula is C17H27N3O. The summed E-state index contributed by atoms with van der Waals surface area (Å²) < 4.78 is 2.13. The minimum atomic E-state index is 0.254. The van der Waals surface area contributed by atoms with Crippen molar-refractivity contribution in [1.29, 1.82) is 0 Å². The van der Waals surface area contributed by atoms with E-state index in [2.05, 4.69) is 34.7 Å². The summed E-state index contributed by atoms with van der Waals surface area (Å²) in [4.78, 5) is 15.2. The topological polar surface area (TPSA) is 37.3 Å². The van der Waals surface area contributed by atoms with Gasteiger partial charge in [-0.05, 0) is 44.0 Å². The van der Waals surface area contributed by atoms with Gasteiger partial charge in [-0.2, -0.15) is 0 Å². The zero-order chi connectivity index (χ0) is 14.8. The number of hydrogen-bond acceptors (Lipinski definition) is 3. The third-order valence-corrected chi connectivity index (χ3v) is 4.66. The van der Waals surface area contributed by atoms with E-state index < -0.39 is 0 Å². The third-order valence-electron chi connectivity index (χ3n) is 4.66. The lowest BCUT2D eigenvalue weighted by Gasteiger charge is -2.30. The molecule has 4 nitrogen and oxygen atoms in total. The van der Waals surface area contributed by atoms with Gasteiger partial charge < -0.3 is 9.88 Å². The van der Waals surface area contributed by atoms with Crippen LogP contribution in [0.15, 0.2) is 10.9 Å². The maximum Gasteiger partial charge on any atom is 0.255 e. The molecule has 1 aromatic rings. The fourth-order valence-corrected chi connectivity index (χ4v) is 3.30. The average molecular weight is 289 g/mol. The van der Waals surface area contributed by atoms with E-state index in [1.807, 2.05) is 0 Å². The maximum absolute atomic E-state index is 12.8. The highest BCUT2D eigenvalue weighted by molar-refractivity contribution is 5.30. The van der Waals surface area contributed by atoms with E-state index in [1.165, 1.54) is 24.1 Å². The first-order chi connectivity index (χ1) is 10.2. The van der Waals surface area contributed by atoms with Gasteiger partial charge in [0.2, 0.25) is 0 Å². The van der Waals surface area contributed by atoms with Crippen LogP contribution in [-0.2, 0) is 19.5 Å². The lowest BCUT2D eigenvalue weighted by Crippen LogP contribution is -2.37. The Labute approximate surface area is 127 Å². The Morgan fingerprint density at radius 3 is 2.81 bits per heavy atom. The monoisotopic (exact) mass is 289 g/mol. The summed E-state index contributed by atoms with van der Waals surface area (Å²) in [5.41, 5.74) is 3.89. The molecule has 116 valence electrons. The highest BCUT2D eigenvalue weighted by Crippen LogP contribution is 2.36. The van der Waals surface area contributed by atoms with E-state index in [1.54, 1.807) is 0 Å². The van der Waals surface area contributed by atoms with Crippen LogP contribution in [0.25, 0.3) is 0 Å². The lowest BCUT2D eigenvalue weighted by atomic mass is 10.0. The molecule has 1 aliphatic heterocycles. The van der Waals surface area contributed by atoms with E-state index in [4.69, 9.17) is 0 Å². The van der Waals surface area contributed by atoms with Crippen LogP contribution >= 0.6 is 0 Å². The second-order valence-corrected chi connectivity index (χ2v) is 6.34. The van der Waals surface area contributed by atoms with E-state index in [-0.39, 0.29) is 5.56 Å². The summed E-state index contributed by atoms with van der Waals surface area (Å²) in [5.74, 6) is 0. The van der Waals surface area contributed by atoms with Crippen LogP contribution in [0.5, 0.6) is 0 Å². The van der Waals surface area contributed by atoms with Crippen LogP contribution in [0.2, 0.25) is 0 Å². The molecule has 0 saturated heterocycles. The zero-order valence-electron chi connectivity index (χ0n) is 13.3. The number of rotatable bonds is 6.